The number of hydrogen-bond acceptors (Lipinski definition) is 3. The van der Waals surface area contributed by atoms with Gasteiger partial charge in [0.15, 0.2) is 0 Å². The molecule has 0 atom stereocenters. The molecule has 0 aromatic carbocycles. The van der Waals surface area contributed by atoms with Gasteiger partial charge in [0, 0.05) is 13.1 Å². The molecule has 0 aromatic heterocycles. The minimum Gasteiger partial charge on any atom is -0.285 e. The predicted molar refractivity (Wildman–Crippen MR) is 59.9 cm³/mol. The van der Waals surface area contributed by atoms with Gasteiger partial charge in [0.25, 0.3) is 0 Å². The van der Waals surface area contributed by atoms with E-state index >= 15 is 0 Å². The molecule has 1 aliphatic carbocycles. The Balaban J connectivity index is 2.09. The Bertz CT molecular complexity index is 236. The van der Waals surface area contributed by atoms with Crippen LogP contribution in [0.15, 0.2) is 9.21 Å². The van der Waals surface area contributed by atoms with Gasteiger partial charge in [-0.3, -0.25) is 10.0 Å². The predicted octanol–water partition coefficient (Wildman–Crippen LogP) is 2.51. The second-order valence-corrected chi connectivity index (χ2v) is 5.05. The molecule has 1 heterocycles. The van der Waals surface area contributed by atoms with Crippen LogP contribution in [-0.4, -0.2) is 23.1 Å². The molecule has 0 amide bonds. The molecular weight excluding hydrogens is 298 g/mol. The Morgan fingerprint density at radius 3 is 2.31 bits per heavy atom. The van der Waals surface area contributed by atoms with Gasteiger partial charge in [-0.2, -0.15) is 0 Å². The first kappa shape index (κ1) is 9.80. The van der Waals surface area contributed by atoms with Crippen molar-refractivity contribution < 1.29 is 0 Å². The molecule has 0 aromatic rings. The first-order valence-electron chi connectivity index (χ1n) is 4.54. The maximum atomic E-state index is 3.58. The van der Waals surface area contributed by atoms with Crippen molar-refractivity contribution in [1.29, 1.82) is 0 Å². The first-order chi connectivity index (χ1) is 6.20. The number of rotatable bonds is 1. The average Bonchev–Trinajstić information content (AvgIpc) is 2.70. The van der Waals surface area contributed by atoms with Crippen LogP contribution in [0, 0.1) is 0 Å². The van der Waals surface area contributed by atoms with Crippen molar-refractivity contribution in [2.24, 2.45) is 0 Å². The van der Waals surface area contributed by atoms with Crippen LogP contribution in [-0.2, 0) is 0 Å². The summed E-state index contributed by atoms with van der Waals surface area (Å²) in [5, 5.41) is 4.18. The summed E-state index contributed by atoms with van der Waals surface area (Å²) in [6.07, 6.45) is 5.28. The van der Waals surface area contributed by atoms with Gasteiger partial charge < -0.3 is 0 Å². The highest BCUT2D eigenvalue weighted by Gasteiger charge is 2.30. The fourth-order valence-corrected chi connectivity index (χ4v) is 2.80. The molecule has 3 nitrogen and oxygen atoms in total. The zero-order chi connectivity index (χ0) is 9.42. The Labute approximate surface area is 95.3 Å². The smallest absolute Gasteiger partial charge is 0.129 e. The summed E-state index contributed by atoms with van der Waals surface area (Å²) in [6, 6.07) is 0.645. The van der Waals surface area contributed by atoms with Crippen molar-refractivity contribution in [3.63, 3.8) is 0 Å². The number of hydrogen-bond donors (Lipinski definition) is 1. The normalized spacial score (nSPS) is 25.2. The van der Waals surface area contributed by atoms with Crippen LogP contribution in [0.5, 0.6) is 0 Å². The topological polar surface area (TPSA) is 18.5 Å². The Morgan fingerprint density at radius 1 is 1.23 bits per heavy atom. The second kappa shape index (κ2) is 3.79. The molecule has 0 radical (unpaired) electrons. The van der Waals surface area contributed by atoms with Gasteiger partial charge in [0.2, 0.25) is 0 Å². The summed E-state index contributed by atoms with van der Waals surface area (Å²) < 4.78 is 2.18. The van der Waals surface area contributed by atoms with E-state index in [0.29, 0.717) is 6.04 Å². The van der Waals surface area contributed by atoms with Gasteiger partial charge in [-0.1, -0.05) is 12.8 Å². The van der Waals surface area contributed by atoms with E-state index in [0.717, 1.165) is 9.21 Å². The summed E-state index contributed by atoms with van der Waals surface area (Å²) in [5.74, 6) is 0. The van der Waals surface area contributed by atoms with Crippen molar-refractivity contribution in [3.05, 3.63) is 9.21 Å². The fourth-order valence-electron chi connectivity index (χ4n) is 1.89. The van der Waals surface area contributed by atoms with Crippen LogP contribution in [0.4, 0.5) is 0 Å². The molecule has 0 bridgehead atoms. The van der Waals surface area contributed by atoms with Gasteiger partial charge in [-0.05, 0) is 44.7 Å². The van der Waals surface area contributed by atoms with E-state index in [1.165, 1.54) is 25.7 Å². The molecule has 1 aliphatic heterocycles. The zero-order valence-electron chi connectivity index (χ0n) is 7.56. The van der Waals surface area contributed by atoms with Crippen molar-refractivity contribution in [2.75, 3.05) is 7.05 Å². The second-order valence-electron chi connectivity index (χ2n) is 3.55. The molecule has 1 fully saturated rings. The lowest BCUT2D eigenvalue weighted by molar-refractivity contribution is 0.114. The van der Waals surface area contributed by atoms with Crippen molar-refractivity contribution >= 4 is 31.9 Å². The lowest BCUT2D eigenvalue weighted by atomic mass is 10.2. The summed E-state index contributed by atoms with van der Waals surface area (Å²) in [6.45, 7) is 0. The number of halogens is 2. The van der Waals surface area contributed by atoms with Crippen LogP contribution < -0.4 is 5.53 Å². The number of nitrogens with zero attached hydrogens (tertiary/aromatic N) is 2. The van der Waals surface area contributed by atoms with Crippen LogP contribution in [0.3, 0.4) is 0 Å². The highest BCUT2D eigenvalue weighted by atomic mass is 79.9. The standard InChI is InChI=1S/C8H13Br2N3/c1-12-7(9)8(10)13(11-12)6-4-2-3-5-6/h6,11H,2-5H2,1H3. The lowest BCUT2D eigenvalue weighted by Gasteiger charge is -2.26. The summed E-state index contributed by atoms with van der Waals surface area (Å²) in [4.78, 5) is 0. The monoisotopic (exact) mass is 309 g/mol. The van der Waals surface area contributed by atoms with Crippen molar-refractivity contribution in [1.82, 2.24) is 15.6 Å². The third-order valence-electron chi connectivity index (χ3n) is 2.62. The van der Waals surface area contributed by atoms with E-state index in [-0.39, 0.29) is 0 Å². The van der Waals surface area contributed by atoms with E-state index in [9.17, 15) is 0 Å². The Morgan fingerprint density at radius 2 is 1.85 bits per heavy atom. The van der Waals surface area contributed by atoms with Crippen molar-refractivity contribution in [2.45, 2.75) is 31.7 Å². The van der Waals surface area contributed by atoms with E-state index in [1.54, 1.807) is 0 Å². The van der Waals surface area contributed by atoms with Crippen LogP contribution >= 0.6 is 31.9 Å². The quantitative estimate of drug-likeness (QED) is 0.751. The molecule has 5 heteroatoms. The Kier molecular flexibility index (Phi) is 2.86. The number of hydrazine groups is 2. The van der Waals surface area contributed by atoms with Gasteiger partial charge in [-0.25, -0.2) is 0 Å². The lowest BCUT2D eigenvalue weighted by Crippen LogP contribution is -2.43. The molecule has 1 saturated carbocycles. The summed E-state index contributed by atoms with van der Waals surface area (Å²) >= 11 is 7.09. The maximum absolute atomic E-state index is 3.58. The molecule has 0 saturated heterocycles. The number of nitrogens with one attached hydrogen (secondary N) is 1. The van der Waals surface area contributed by atoms with E-state index in [1.807, 2.05) is 12.1 Å². The van der Waals surface area contributed by atoms with Gasteiger partial charge in [-0.15, -0.1) is 5.53 Å². The maximum Gasteiger partial charge on any atom is 0.129 e. The first-order valence-corrected chi connectivity index (χ1v) is 6.13. The molecule has 1 N–H and O–H groups in total. The molecule has 74 valence electrons. The minimum atomic E-state index is 0.645. The molecule has 0 unspecified atom stereocenters. The van der Waals surface area contributed by atoms with Gasteiger partial charge in [0.05, 0.1) is 0 Å². The van der Waals surface area contributed by atoms with Gasteiger partial charge in [0.1, 0.15) is 9.21 Å². The fraction of sp³-hybridized carbons (Fsp3) is 0.750. The van der Waals surface area contributed by atoms with Gasteiger partial charge >= 0.3 is 0 Å². The SMILES string of the molecule is CN1NN(C2CCCC2)C(Br)=C1Br. The molecule has 0 spiro atoms. The highest BCUT2D eigenvalue weighted by Crippen LogP contribution is 2.34. The molecular formula is C8H13Br2N3. The van der Waals surface area contributed by atoms with Crippen molar-refractivity contribution in [3.8, 4) is 0 Å². The van der Waals surface area contributed by atoms with E-state index in [4.69, 9.17) is 0 Å². The van der Waals surface area contributed by atoms with Crippen LogP contribution in [0.1, 0.15) is 25.7 Å². The minimum absolute atomic E-state index is 0.645. The largest absolute Gasteiger partial charge is 0.285 e. The molecule has 13 heavy (non-hydrogen) atoms. The molecule has 2 aliphatic rings. The van der Waals surface area contributed by atoms with Crippen LogP contribution in [0.2, 0.25) is 0 Å². The Hall–Kier alpha value is 0.260. The summed E-state index contributed by atoms with van der Waals surface area (Å²) in [7, 11) is 2.00. The van der Waals surface area contributed by atoms with E-state index in [2.05, 4.69) is 42.4 Å². The van der Waals surface area contributed by atoms with E-state index < -0.39 is 0 Å². The average molecular weight is 311 g/mol. The third kappa shape index (κ3) is 1.74. The summed E-state index contributed by atoms with van der Waals surface area (Å²) in [5.41, 5.74) is 3.29. The molecule has 2 rings (SSSR count). The highest BCUT2D eigenvalue weighted by molar-refractivity contribution is 9.14. The van der Waals surface area contributed by atoms with Crippen LogP contribution in [0.25, 0.3) is 0 Å². The zero-order valence-corrected chi connectivity index (χ0v) is 10.7. The third-order valence-corrected chi connectivity index (χ3v) is 4.82.